The van der Waals surface area contributed by atoms with Crippen molar-refractivity contribution in [1.29, 1.82) is 0 Å². The molecule has 0 radical (unpaired) electrons. The van der Waals surface area contributed by atoms with Crippen LogP contribution in [0.25, 0.3) is 0 Å². The molecule has 6 nitrogen and oxygen atoms in total. The average molecular weight is 395 g/mol. The zero-order valence-electron chi connectivity index (χ0n) is 16.2. The lowest BCUT2D eigenvalue weighted by molar-refractivity contribution is -0.170. The number of likely N-dealkylation sites (N-methyl/N-ethyl adjacent to an activating group) is 1. The molecule has 7 heteroatoms. The Bertz CT molecular complexity index is 626. The molecule has 0 unspecified atom stereocenters. The number of allylic oxidation sites excluding steroid dienone is 1. The first-order valence-electron chi connectivity index (χ1n) is 9.75. The molecular formula is C20H30N2O4S. The Labute approximate surface area is 165 Å². The highest BCUT2D eigenvalue weighted by molar-refractivity contribution is 7.08. The SMILES string of the molecule is CCO[C@H]1OC(C(=O)N2CCN(C)CC2)=C[C@@H](c2ccsc2)[C@H]1CCCO. The van der Waals surface area contributed by atoms with Crippen molar-refractivity contribution in [3.63, 3.8) is 0 Å². The van der Waals surface area contributed by atoms with E-state index >= 15 is 0 Å². The smallest absolute Gasteiger partial charge is 0.288 e. The Morgan fingerprint density at radius 2 is 2.15 bits per heavy atom. The molecule has 150 valence electrons. The maximum Gasteiger partial charge on any atom is 0.288 e. The third-order valence-electron chi connectivity index (χ3n) is 5.34. The van der Waals surface area contributed by atoms with E-state index < -0.39 is 6.29 Å². The van der Waals surface area contributed by atoms with E-state index in [9.17, 15) is 9.90 Å². The van der Waals surface area contributed by atoms with Gasteiger partial charge < -0.3 is 24.4 Å². The molecule has 1 amide bonds. The second-order valence-electron chi connectivity index (χ2n) is 7.18. The Hall–Kier alpha value is -1.41. The molecule has 0 aliphatic carbocycles. The minimum atomic E-state index is -0.470. The molecule has 3 heterocycles. The zero-order chi connectivity index (χ0) is 19.2. The minimum Gasteiger partial charge on any atom is -0.459 e. The standard InChI is InChI=1S/C20H30N2O4S/c1-3-25-20-16(5-4-11-23)17(15-6-12-27-14-15)13-18(26-20)19(24)22-9-7-21(2)8-10-22/h6,12-14,16-17,20,23H,3-5,7-11H2,1-2H3/t16-,17+,20+/m1/s1. The van der Waals surface area contributed by atoms with Crippen LogP contribution >= 0.6 is 11.3 Å². The molecule has 3 atom stereocenters. The van der Waals surface area contributed by atoms with E-state index in [0.29, 0.717) is 31.9 Å². The van der Waals surface area contributed by atoms with Crippen LogP contribution in [-0.2, 0) is 14.3 Å². The van der Waals surface area contributed by atoms with Crippen LogP contribution < -0.4 is 0 Å². The molecule has 1 aromatic rings. The van der Waals surface area contributed by atoms with Crippen LogP contribution in [0.4, 0.5) is 0 Å². The molecule has 0 spiro atoms. The van der Waals surface area contributed by atoms with E-state index in [2.05, 4.69) is 28.8 Å². The van der Waals surface area contributed by atoms with Crippen molar-refractivity contribution in [2.75, 3.05) is 46.4 Å². The molecule has 2 aliphatic rings. The molecule has 0 saturated carbocycles. The Balaban J connectivity index is 1.85. The number of thiophene rings is 1. The number of aliphatic hydroxyl groups is 1. The Morgan fingerprint density at radius 3 is 2.78 bits per heavy atom. The molecule has 0 bridgehead atoms. The lowest BCUT2D eigenvalue weighted by Gasteiger charge is -2.39. The first-order chi connectivity index (χ1) is 13.1. The minimum absolute atomic E-state index is 0.0476. The third kappa shape index (κ3) is 4.90. The first kappa shape index (κ1) is 20.3. The summed E-state index contributed by atoms with van der Waals surface area (Å²) in [7, 11) is 2.07. The summed E-state index contributed by atoms with van der Waals surface area (Å²) in [4.78, 5) is 17.2. The van der Waals surface area contributed by atoms with Crippen LogP contribution in [-0.4, -0.2) is 73.5 Å². The lowest BCUT2D eigenvalue weighted by Crippen LogP contribution is -2.49. The second kappa shape index (κ2) is 9.68. The molecule has 3 rings (SSSR count). The van der Waals surface area contributed by atoms with Gasteiger partial charge in [0.1, 0.15) is 0 Å². The number of piperazine rings is 1. The molecule has 2 aliphatic heterocycles. The number of hydrogen-bond donors (Lipinski definition) is 1. The van der Waals surface area contributed by atoms with Gasteiger partial charge in [0.15, 0.2) is 5.76 Å². The van der Waals surface area contributed by atoms with E-state index in [1.807, 2.05) is 17.9 Å². The summed E-state index contributed by atoms with van der Waals surface area (Å²) in [5, 5.41) is 13.5. The molecule has 27 heavy (non-hydrogen) atoms. The van der Waals surface area contributed by atoms with E-state index in [1.54, 1.807) is 11.3 Å². The average Bonchev–Trinajstić information content (AvgIpc) is 3.21. The van der Waals surface area contributed by atoms with Gasteiger partial charge in [0.2, 0.25) is 6.29 Å². The summed E-state index contributed by atoms with van der Waals surface area (Å²) in [5.41, 5.74) is 1.18. The van der Waals surface area contributed by atoms with Crippen LogP contribution in [0.2, 0.25) is 0 Å². The third-order valence-corrected chi connectivity index (χ3v) is 6.04. The summed E-state index contributed by atoms with van der Waals surface area (Å²) < 4.78 is 11.9. The van der Waals surface area contributed by atoms with Crippen molar-refractivity contribution in [2.24, 2.45) is 5.92 Å². The number of nitrogens with zero attached hydrogens (tertiary/aromatic N) is 2. The van der Waals surface area contributed by atoms with Crippen molar-refractivity contribution >= 4 is 17.2 Å². The zero-order valence-corrected chi connectivity index (χ0v) is 17.0. The predicted molar refractivity (Wildman–Crippen MR) is 106 cm³/mol. The number of amides is 1. The molecule has 1 saturated heterocycles. The van der Waals surface area contributed by atoms with E-state index in [4.69, 9.17) is 9.47 Å². The van der Waals surface area contributed by atoms with Gasteiger partial charge in [0.05, 0.1) is 0 Å². The highest BCUT2D eigenvalue weighted by Gasteiger charge is 2.39. The van der Waals surface area contributed by atoms with Crippen molar-refractivity contribution in [2.45, 2.75) is 32.0 Å². The quantitative estimate of drug-likeness (QED) is 0.769. The van der Waals surface area contributed by atoms with Gasteiger partial charge in [-0.15, -0.1) is 0 Å². The van der Waals surface area contributed by atoms with Gasteiger partial charge in [-0.05, 0) is 55.3 Å². The van der Waals surface area contributed by atoms with Crippen LogP contribution in [0.5, 0.6) is 0 Å². The van der Waals surface area contributed by atoms with Crippen molar-refractivity contribution < 1.29 is 19.4 Å². The number of carbonyl (C=O) groups excluding carboxylic acids is 1. The van der Waals surface area contributed by atoms with E-state index in [0.717, 1.165) is 19.5 Å². The van der Waals surface area contributed by atoms with Crippen molar-refractivity contribution in [3.05, 3.63) is 34.2 Å². The number of carbonyl (C=O) groups is 1. The summed E-state index contributed by atoms with van der Waals surface area (Å²) in [6.45, 7) is 5.78. The molecular weight excluding hydrogens is 364 g/mol. The fourth-order valence-corrected chi connectivity index (χ4v) is 4.47. The summed E-state index contributed by atoms with van der Waals surface area (Å²) in [5.74, 6) is 0.485. The predicted octanol–water partition coefficient (Wildman–Crippen LogP) is 2.27. The van der Waals surface area contributed by atoms with Gasteiger partial charge in [-0.3, -0.25) is 4.79 Å². The van der Waals surface area contributed by atoms with Gasteiger partial charge in [-0.25, -0.2) is 0 Å². The van der Waals surface area contributed by atoms with Crippen molar-refractivity contribution in [3.8, 4) is 0 Å². The molecule has 0 aromatic carbocycles. The largest absolute Gasteiger partial charge is 0.459 e. The Morgan fingerprint density at radius 1 is 1.37 bits per heavy atom. The highest BCUT2D eigenvalue weighted by atomic mass is 32.1. The van der Waals surface area contributed by atoms with E-state index in [1.165, 1.54) is 5.56 Å². The Kier molecular flexibility index (Phi) is 7.29. The van der Waals surface area contributed by atoms with Gasteiger partial charge in [-0.1, -0.05) is 0 Å². The summed E-state index contributed by atoms with van der Waals surface area (Å²) in [6, 6.07) is 2.10. The summed E-state index contributed by atoms with van der Waals surface area (Å²) in [6.07, 6.45) is 2.98. The number of rotatable bonds is 7. The fourth-order valence-electron chi connectivity index (χ4n) is 3.77. The van der Waals surface area contributed by atoms with Crippen LogP contribution in [0.1, 0.15) is 31.2 Å². The topological polar surface area (TPSA) is 62.2 Å². The van der Waals surface area contributed by atoms with Gasteiger partial charge >= 0.3 is 0 Å². The van der Waals surface area contributed by atoms with Gasteiger partial charge in [0.25, 0.3) is 5.91 Å². The second-order valence-corrected chi connectivity index (χ2v) is 7.96. The van der Waals surface area contributed by atoms with Crippen LogP contribution in [0, 0.1) is 5.92 Å². The van der Waals surface area contributed by atoms with E-state index in [-0.39, 0.29) is 24.3 Å². The van der Waals surface area contributed by atoms with Crippen LogP contribution in [0.15, 0.2) is 28.7 Å². The lowest BCUT2D eigenvalue weighted by atomic mass is 9.81. The molecule has 1 aromatic heterocycles. The maximum absolute atomic E-state index is 13.1. The van der Waals surface area contributed by atoms with Gasteiger partial charge in [0, 0.05) is 51.2 Å². The summed E-state index contributed by atoms with van der Waals surface area (Å²) >= 11 is 1.65. The molecule has 1 fully saturated rings. The number of aliphatic hydroxyl groups excluding tert-OH is 1. The fraction of sp³-hybridized carbons (Fsp3) is 0.650. The van der Waals surface area contributed by atoms with Crippen molar-refractivity contribution in [1.82, 2.24) is 9.80 Å². The van der Waals surface area contributed by atoms with Crippen LogP contribution in [0.3, 0.4) is 0 Å². The molecule has 1 N–H and O–H groups in total. The monoisotopic (exact) mass is 394 g/mol. The number of ether oxygens (including phenoxy) is 2. The van der Waals surface area contributed by atoms with Gasteiger partial charge in [-0.2, -0.15) is 11.3 Å². The maximum atomic E-state index is 13.1. The normalized spacial score (nSPS) is 26.6. The number of hydrogen-bond acceptors (Lipinski definition) is 6. The first-order valence-corrected chi connectivity index (χ1v) is 10.7. The highest BCUT2D eigenvalue weighted by Crippen LogP contribution is 2.40.